The van der Waals surface area contributed by atoms with E-state index in [2.05, 4.69) is 11.9 Å². The minimum absolute atomic E-state index is 0. The third kappa shape index (κ3) is 6.15. The zero-order valence-electron chi connectivity index (χ0n) is 9.46. The Labute approximate surface area is 133 Å². The van der Waals surface area contributed by atoms with Gasteiger partial charge in [0.15, 0.2) is 0 Å². The van der Waals surface area contributed by atoms with Crippen LogP contribution in [0.1, 0.15) is 20.8 Å². The Kier molecular flexibility index (Phi) is 7.83. The minimum atomic E-state index is -4.42. The van der Waals surface area contributed by atoms with E-state index in [9.17, 15) is 17.8 Å². The van der Waals surface area contributed by atoms with E-state index in [1.54, 1.807) is 0 Å². The van der Waals surface area contributed by atoms with E-state index in [1.165, 1.54) is 20.8 Å². The van der Waals surface area contributed by atoms with Crippen molar-refractivity contribution in [3.63, 3.8) is 0 Å². The van der Waals surface area contributed by atoms with E-state index in [-0.39, 0.29) is 63.5 Å². The number of hydrogen-bond donors (Lipinski definition) is 1. The minimum Gasteiger partial charge on any atom is -0.747 e. The first-order chi connectivity index (χ1) is 6.08. The molecule has 5 nitrogen and oxygen atoms in total. The maximum absolute atomic E-state index is 11.0. The van der Waals surface area contributed by atoms with Crippen LogP contribution in [0.4, 0.5) is 0 Å². The van der Waals surface area contributed by atoms with E-state index in [1.807, 2.05) is 0 Å². The van der Waals surface area contributed by atoms with E-state index in [0.717, 1.165) is 0 Å². The van der Waals surface area contributed by atoms with Gasteiger partial charge >= 0.3 is 51.4 Å². The van der Waals surface area contributed by atoms with Gasteiger partial charge in [-0.1, -0.05) is 6.58 Å². The van der Waals surface area contributed by atoms with Gasteiger partial charge < -0.3 is 9.87 Å². The van der Waals surface area contributed by atoms with Crippen LogP contribution in [0.5, 0.6) is 0 Å². The van der Waals surface area contributed by atoms with Gasteiger partial charge in [0, 0.05) is 12.1 Å². The Bertz CT molecular complexity index is 348. The van der Waals surface area contributed by atoms with Crippen molar-refractivity contribution in [3.8, 4) is 0 Å². The first-order valence-corrected chi connectivity index (χ1v) is 5.38. The van der Waals surface area contributed by atoms with Gasteiger partial charge in [-0.25, -0.2) is 8.42 Å². The molecule has 0 bridgehead atoms. The van der Waals surface area contributed by atoms with Gasteiger partial charge in [-0.3, -0.25) is 4.79 Å². The van der Waals surface area contributed by atoms with Gasteiger partial charge in [-0.2, -0.15) is 0 Å². The Balaban J connectivity index is 0. The first kappa shape index (κ1) is 18.1. The van der Waals surface area contributed by atoms with Crippen molar-refractivity contribution in [1.82, 2.24) is 5.32 Å². The number of hydrogen-bond acceptors (Lipinski definition) is 4. The fourth-order valence-electron chi connectivity index (χ4n) is 0.532. The van der Waals surface area contributed by atoms with Crippen LogP contribution >= 0.6 is 0 Å². The topological polar surface area (TPSA) is 86.3 Å². The molecule has 0 aromatic heterocycles. The Morgan fingerprint density at radius 2 is 1.87 bits per heavy atom. The molecule has 15 heavy (non-hydrogen) atoms. The van der Waals surface area contributed by atoms with E-state index >= 15 is 0 Å². The van der Waals surface area contributed by atoms with Crippen LogP contribution in [0, 0.1) is 0 Å². The van der Waals surface area contributed by atoms with Gasteiger partial charge in [-0.15, -0.1) is 0 Å². The molecule has 0 aliphatic carbocycles. The molecule has 0 rings (SSSR count). The SMILES string of the molecule is C=C(C)C(=O)NCC(C)(C)S(=O)(=O)[O-].[K+]. The van der Waals surface area contributed by atoms with E-state index in [4.69, 9.17) is 0 Å². The van der Waals surface area contributed by atoms with Gasteiger partial charge in [-0.05, 0) is 20.8 Å². The maximum Gasteiger partial charge on any atom is 1.00 e. The van der Waals surface area contributed by atoms with Crippen molar-refractivity contribution < 1.29 is 69.1 Å². The summed E-state index contributed by atoms with van der Waals surface area (Å²) in [5.74, 6) is -0.457. The number of carbonyl (C=O) groups is 1. The molecule has 1 N–H and O–H groups in total. The summed E-state index contributed by atoms with van der Waals surface area (Å²) in [5, 5.41) is 2.31. The smallest absolute Gasteiger partial charge is 0.747 e. The molecule has 0 unspecified atom stereocenters. The van der Waals surface area contributed by atoms with Crippen LogP contribution in [-0.2, 0) is 14.9 Å². The molecule has 0 heterocycles. The average Bonchev–Trinajstić information content (AvgIpc) is 1.97. The van der Waals surface area contributed by atoms with Gasteiger partial charge in [0.2, 0.25) is 5.91 Å². The third-order valence-corrected chi connectivity index (χ3v) is 3.24. The summed E-state index contributed by atoms with van der Waals surface area (Å²) in [6.07, 6.45) is 0. The number of nitrogens with one attached hydrogen (secondary N) is 1. The second kappa shape index (κ2) is 6.48. The summed E-state index contributed by atoms with van der Waals surface area (Å²) < 4.78 is 30.6. The quantitative estimate of drug-likeness (QED) is 0.331. The molecule has 0 aromatic carbocycles. The average molecular weight is 259 g/mol. The van der Waals surface area contributed by atoms with Crippen LogP contribution in [0.25, 0.3) is 0 Å². The molecule has 82 valence electrons. The summed E-state index contributed by atoms with van der Waals surface area (Å²) in [6, 6.07) is 0. The molecule has 0 fully saturated rings. The summed E-state index contributed by atoms with van der Waals surface area (Å²) >= 11 is 0. The molecule has 1 amide bonds. The molecule has 0 aliphatic rings. The molecular weight excluding hydrogens is 245 g/mol. The van der Waals surface area contributed by atoms with E-state index < -0.39 is 20.8 Å². The number of rotatable bonds is 4. The molecule has 0 spiro atoms. The second-order valence-corrected chi connectivity index (χ2v) is 5.69. The largest absolute Gasteiger partial charge is 1.00 e. The summed E-state index contributed by atoms with van der Waals surface area (Å²) in [6.45, 7) is 7.17. The first-order valence-electron chi connectivity index (χ1n) is 3.97. The maximum atomic E-state index is 11.0. The number of carbonyl (C=O) groups excluding carboxylic acids is 1. The predicted octanol–water partition coefficient (Wildman–Crippen LogP) is -2.99. The molecule has 0 radical (unpaired) electrons. The fourth-order valence-corrected chi connectivity index (χ4v) is 0.781. The van der Waals surface area contributed by atoms with Crippen LogP contribution in [0.2, 0.25) is 0 Å². The number of amides is 1. The zero-order chi connectivity index (χ0) is 11.6. The Hall–Kier alpha value is 0.756. The molecule has 0 aliphatic heterocycles. The third-order valence-electron chi connectivity index (χ3n) is 1.74. The van der Waals surface area contributed by atoms with Crippen molar-refractivity contribution in [3.05, 3.63) is 12.2 Å². The van der Waals surface area contributed by atoms with Crippen molar-refractivity contribution in [2.24, 2.45) is 0 Å². The standard InChI is InChI=1S/C8H15NO4S.K/c1-6(2)7(10)9-5-8(3,4)14(11,12)13;/h1,5H2,2-4H3,(H,9,10)(H,11,12,13);/q;+1/p-1. The second-order valence-electron chi connectivity index (χ2n) is 3.68. The van der Waals surface area contributed by atoms with Crippen LogP contribution < -0.4 is 56.7 Å². The van der Waals surface area contributed by atoms with Crippen molar-refractivity contribution in [2.75, 3.05) is 6.54 Å². The van der Waals surface area contributed by atoms with Gasteiger partial charge in [0.05, 0.1) is 4.75 Å². The molecule has 7 heteroatoms. The van der Waals surface area contributed by atoms with Crippen LogP contribution in [0.15, 0.2) is 12.2 Å². The molecule has 0 saturated carbocycles. The summed E-state index contributed by atoms with van der Waals surface area (Å²) in [5.41, 5.74) is 0.268. The fraction of sp³-hybridized carbons (Fsp3) is 0.625. The zero-order valence-corrected chi connectivity index (χ0v) is 13.4. The van der Waals surface area contributed by atoms with Gasteiger partial charge in [0.1, 0.15) is 10.1 Å². The molecular formula is C8H14KNO4S. The predicted molar refractivity (Wildman–Crippen MR) is 51.6 cm³/mol. The molecule has 0 atom stereocenters. The monoisotopic (exact) mass is 259 g/mol. The van der Waals surface area contributed by atoms with E-state index in [0.29, 0.717) is 0 Å². The summed E-state index contributed by atoms with van der Waals surface area (Å²) in [4.78, 5) is 11.0. The Morgan fingerprint density at radius 1 is 1.47 bits per heavy atom. The van der Waals surface area contributed by atoms with Crippen molar-refractivity contribution >= 4 is 16.0 Å². The van der Waals surface area contributed by atoms with Crippen LogP contribution in [-0.4, -0.2) is 30.2 Å². The normalized spacial score (nSPS) is 11.5. The molecule has 0 saturated heterocycles. The molecule has 0 aromatic rings. The summed E-state index contributed by atoms with van der Waals surface area (Å²) in [7, 11) is -4.42. The van der Waals surface area contributed by atoms with Crippen molar-refractivity contribution in [2.45, 2.75) is 25.5 Å². The van der Waals surface area contributed by atoms with Gasteiger partial charge in [0.25, 0.3) is 0 Å². The Morgan fingerprint density at radius 3 is 2.13 bits per heavy atom. The van der Waals surface area contributed by atoms with Crippen molar-refractivity contribution in [1.29, 1.82) is 0 Å². The van der Waals surface area contributed by atoms with Crippen LogP contribution in [0.3, 0.4) is 0 Å².